The van der Waals surface area contributed by atoms with Gasteiger partial charge in [-0.25, -0.2) is 4.39 Å². The molecule has 1 unspecified atom stereocenters. The van der Waals surface area contributed by atoms with E-state index in [1.807, 2.05) is 12.1 Å². The van der Waals surface area contributed by atoms with Crippen LogP contribution < -0.4 is 5.32 Å². The van der Waals surface area contributed by atoms with Crippen LogP contribution in [0.4, 0.5) is 4.39 Å². The van der Waals surface area contributed by atoms with E-state index in [0.29, 0.717) is 12.1 Å². The standard InChI is InChI=1S/C13H18FNO/c1-10-3-4-11(7-12(10)14)8-15-13(2)5-6-16-9-13/h3-4,7,15H,5-6,8-9H2,1-2H3. The summed E-state index contributed by atoms with van der Waals surface area (Å²) in [5.41, 5.74) is 1.72. The maximum atomic E-state index is 13.3. The van der Waals surface area contributed by atoms with E-state index in [1.165, 1.54) is 0 Å². The van der Waals surface area contributed by atoms with Gasteiger partial charge in [0.15, 0.2) is 0 Å². The Morgan fingerprint density at radius 3 is 2.94 bits per heavy atom. The predicted molar refractivity (Wildman–Crippen MR) is 61.8 cm³/mol. The first-order valence-electron chi connectivity index (χ1n) is 5.67. The summed E-state index contributed by atoms with van der Waals surface area (Å²) in [6.45, 7) is 6.16. The number of ether oxygens (including phenoxy) is 1. The summed E-state index contributed by atoms with van der Waals surface area (Å²) in [4.78, 5) is 0. The SMILES string of the molecule is Cc1ccc(CNC2(C)CCOC2)cc1F. The summed E-state index contributed by atoms with van der Waals surface area (Å²) in [6, 6.07) is 5.38. The lowest BCUT2D eigenvalue weighted by Crippen LogP contribution is -2.42. The average molecular weight is 223 g/mol. The highest BCUT2D eigenvalue weighted by Gasteiger charge is 2.28. The summed E-state index contributed by atoms with van der Waals surface area (Å²) in [5, 5.41) is 3.43. The molecule has 1 heterocycles. The molecule has 88 valence electrons. The molecule has 1 fully saturated rings. The van der Waals surface area contributed by atoms with Crippen LogP contribution in [-0.2, 0) is 11.3 Å². The topological polar surface area (TPSA) is 21.3 Å². The van der Waals surface area contributed by atoms with E-state index in [4.69, 9.17) is 4.74 Å². The van der Waals surface area contributed by atoms with Crippen LogP contribution in [0.2, 0.25) is 0 Å². The van der Waals surface area contributed by atoms with E-state index in [1.54, 1.807) is 13.0 Å². The molecule has 1 aliphatic heterocycles. The number of halogens is 1. The minimum Gasteiger partial charge on any atom is -0.379 e. The third-order valence-electron chi connectivity index (χ3n) is 3.17. The lowest BCUT2D eigenvalue weighted by Gasteiger charge is -2.23. The summed E-state index contributed by atoms with van der Waals surface area (Å²) >= 11 is 0. The fourth-order valence-electron chi connectivity index (χ4n) is 1.87. The highest BCUT2D eigenvalue weighted by molar-refractivity contribution is 5.23. The van der Waals surface area contributed by atoms with Crippen molar-refractivity contribution in [2.24, 2.45) is 0 Å². The Morgan fingerprint density at radius 2 is 2.31 bits per heavy atom. The normalized spacial score (nSPS) is 24.9. The van der Waals surface area contributed by atoms with Crippen molar-refractivity contribution in [1.82, 2.24) is 5.32 Å². The zero-order valence-electron chi connectivity index (χ0n) is 9.85. The Labute approximate surface area is 95.8 Å². The second-order valence-electron chi connectivity index (χ2n) is 4.80. The summed E-state index contributed by atoms with van der Waals surface area (Å²) in [6.07, 6.45) is 1.02. The molecule has 1 saturated heterocycles. The fourth-order valence-corrected chi connectivity index (χ4v) is 1.87. The quantitative estimate of drug-likeness (QED) is 0.849. The first kappa shape index (κ1) is 11.6. The minimum absolute atomic E-state index is 0.0430. The molecule has 0 radical (unpaired) electrons. The largest absolute Gasteiger partial charge is 0.379 e. The van der Waals surface area contributed by atoms with Gasteiger partial charge in [0, 0.05) is 18.7 Å². The van der Waals surface area contributed by atoms with Crippen LogP contribution in [0.5, 0.6) is 0 Å². The molecule has 1 aliphatic rings. The van der Waals surface area contributed by atoms with Gasteiger partial charge >= 0.3 is 0 Å². The smallest absolute Gasteiger partial charge is 0.126 e. The van der Waals surface area contributed by atoms with Crippen molar-refractivity contribution in [2.45, 2.75) is 32.4 Å². The maximum absolute atomic E-state index is 13.3. The summed E-state index contributed by atoms with van der Waals surface area (Å²) < 4.78 is 18.7. The Morgan fingerprint density at radius 1 is 1.50 bits per heavy atom. The van der Waals surface area contributed by atoms with Gasteiger partial charge in [-0.3, -0.25) is 0 Å². The summed E-state index contributed by atoms with van der Waals surface area (Å²) in [5.74, 6) is -0.132. The number of hydrogen-bond acceptors (Lipinski definition) is 2. The first-order chi connectivity index (χ1) is 7.59. The third kappa shape index (κ3) is 2.60. The van der Waals surface area contributed by atoms with Gasteiger partial charge in [0.1, 0.15) is 5.82 Å². The highest BCUT2D eigenvalue weighted by atomic mass is 19.1. The van der Waals surface area contributed by atoms with Crippen molar-refractivity contribution in [2.75, 3.05) is 13.2 Å². The molecule has 1 atom stereocenters. The Kier molecular flexibility index (Phi) is 3.26. The molecule has 2 nitrogen and oxygen atoms in total. The molecule has 0 amide bonds. The van der Waals surface area contributed by atoms with E-state index >= 15 is 0 Å². The van der Waals surface area contributed by atoms with E-state index < -0.39 is 0 Å². The second kappa shape index (κ2) is 4.52. The van der Waals surface area contributed by atoms with E-state index in [9.17, 15) is 4.39 Å². The molecule has 0 aliphatic carbocycles. The number of rotatable bonds is 3. The molecule has 1 aromatic carbocycles. The minimum atomic E-state index is -0.132. The summed E-state index contributed by atoms with van der Waals surface area (Å²) in [7, 11) is 0. The first-order valence-corrected chi connectivity index (χ1v) is 5.67. The van der Waals surface area contributed by atoms with E-state index in [0.717, 1.165) is 25.2 Å². The van der Waals surface area contributed by atoms with E-state index in [-0.39, 0.29) is 11.4 Å². The van der Waals surface area contributed by atoms with Crippen LogP contribution in [0.25, 0.3) is 0 Å². The van der Waals surface area contributed by atoms with Crippen LogP contribution >= 0.6 is 0 Å². The molecule has 0 saturated carbocycles. The molecule has 0 spiro atoms. The highest BCUT2D eigenvalue weighted by Crippen LogP contribution is 2.18. The van der Waals surface area contributed by atoms with Crippen molar-refractivity contribution in [3.05, 3.63) is 35.1 Å². The third-order valence-corrected chi connectivity index (χ3v) is 3.17. The second-order valence-corrected chi connectivity index (χ2v) is 4.80. The van der Waals surface area contributed by atoms with Gasteiger partial charge in [0.05, 0.1) is 6.61 Å². The maximum Gasteiger partial charge on any atom is 0.126 e. The van der Waals surface area contributed by atoms with Gasteiger partial charge in [-0.2, -0.15) is 0 Å². The molecular formula is C13H18FNO. The Hall–Kier alpha value is -0.930. The molecule has 1 aromatic rings. The molecule has 16 heavy (non-hydrogen) atoms. The molecule has 0 bridgehead atoms. The number of benzene rings is 1. The number of nitrogens with one attached hydrogen (secondary N) is 1. The van der Waals surface area contributed by atoms with E-state index in [2.05, 4.69) is 12.2 Å². The zero-order chi connectivity index (χ0) is 11.6. The molecule has 2 rings (SSSR count). The van der Waals surface area contributed by atoms with Crippen molar-refractivity contribution >= 4 is 0 Å². The van der Waals surface area contributed by atoms with Gasteiger partial charge in [-0.05, 0) is 37.5 Å². The van der Waals surface area contributed by atoms with Gasteiger partial charge in [-0.15, -0.1) is 0 Å². The number of hydrogen-bond donors (Lipinski definition) is 1. The van der Waals surface area contributed by atoms with Crippen LogP contribution in [0.15, 0.2) is 18.2 Å². The van der Waals surface area contributed by atoms with Crippen LogP contribution in [-0.4, -0.2) is 18.8 Å². The van der Waals surface area contributed by atoms with Crippen molar-refractivity contribution < 1.29 is 9.13 Å². The molecule has 3 heteroatoms. The van der Waals surface area contributed by atoms with Gasteiger partial charge in [0.2, 0.25) is 0 Å². The van der Waals surface area contributed by atoms with Crippen LogP contribution in [0.1, 0.15) is 24.5 Å². The van der Waals surface area contributed by atoms with Crippen molar-refractivity contribution in [3.63, 3.8) is 0 Å². The lowest BCUT2D eigenvalue weighted by atomic mass is 10.0. The van der Waals surface area contributed by atoms with Gasteiger partial charge in [0.25, 0.3) is 0 Å². The van der Waals surface area contributed by atoms with Gasteiger partial charge < -0.3 is 10.1 Å². The zero-order valence-corrected chi connectivity index (χ0v) is 9.85. The average Bonchev–Trinajstić information content (AvgIpc) is 2.68. The Bertz CT molecular complexity index is 372. The monoisotopic (exact) mass is 223 g/mol. The molecule has 0 aromatic heterocycles. The van der Waals surface area contributed by atoms with Crippen molar-refractivity contribution in [1.29, 1.82) is 0 Å². The van der Waals surface area contributed by atoms with Gasteiger partial charge in [-0.1, -0.05) is 12.1 Å². The molecule has 1 N–H and O–H groups in total. The Balaban J connectivity index is 1.96. The predicted octanol–water partition coefficient (Wildman–Crippen LogP) is 2.40. The van der Waals surface area contributed by atoms with Crippen LogP contribution in [0.3, 0.4) is 0 Å². The fraction of sp³-hybridized carbons (Fsp3) is 0.538. The lowest BCUT2D eigenvalue weighted by molar-refractivity contribution is 0.171. The van der Waals surface area contributed by atoms with Crippen LogP contribution in [0, 0.1) is 12.7 Å². The number of aryl methyl sites for hydroxylation is 1. The van der Waals surface area contributed by atoms with Crippen molar-refractivity contribution in [3.8, 4) is 0 Å². The molecular weight excluding hydrogens is 205 g/mol.